The number of aromatic hydroxyl groups is 1. The molecule has 12 nitrogen and oxygen atoms in total. The fourth-order valence-corrected chi connectivity index (χ4v) is 7.97. The highest BCUT2D eigenvalue weighted by Crippen LogP contribution is 2.32. The molecule has 2 fully saturated rings. The lowest BCUT2D eigenvalue weighted by atomic mass is 9.90. The van der Waals surface area contributed by atoms with Crippen LogP contribution in [0, 0.1) is 11.6 Å². The number of fused-ring (bicyclic) bond motifs is 2. The standard InChI is InChI=1S/C40H40F2N8O4/c1-43-28-13-15-47(16-14-28)21-25-18-32(51)10-11-33(25)24-3-2-4-31(17-24)49-37-34(19-27(42)20-44-37)39(53)50(40(49)54)30-8-6-29(7-9-30)45-38(52)35-23-48-22-26(41)5-12-36(48)46-35/h2-5,10-12,17-20,22-23,28-30,43,51H,6-9,13-16,21H2,1H3,(H,45,52). The summed E-state index contributed by atoms with van der Waals surface area (Å²) in [5.41, 5.74) is 2.53. The zero-order valence-electron chi connectivity index (χ0n) is 29.7. The van der Waals surface area contributed by atoms with Crippen molar-refractivity contribution in [2.24, 2.45) is 0 Å². The van der Waals surface area contributed by atoms with Crippen LogP contribution in [0.4, 0.5) is 8.78 Å². The average molecular weight is 735 g/mol. The Morgan fingerprint density at radius 2 is 1.70 bits per heavy atom. The zero-order valence-corrected chi connectivity index (χ0v) is 29.7. The molecule has 0 unspecified atom stereocenters. The molecule has 2 aliphatic rings. The number of likely N-dealkylation sites (tertiary alicyclic amines) is 1. The molecule has 1 amide bonds. The van der Waals surface area contributed by atoms with Gasteiger partial charge in [-0.1, -0.05) is 18.2 Å². The first kappa shape index (κ1) is 35.3. The third kappa shape index (κ3) is 6.90. The van der Waals surface area contributed by atoms with E-state index in [9.17, 15) is 28.3 Å². The van der Waals surface area contributed by atoms with Crippen molar-refractivity contribution >= 4 is 22.6 Å². The number of nitrogens with zero attached hydrogens (tertiary/aromatic N) is 6. The number of hydrogen-bond donors (Lipinski definition) is 3. The summed E-state index contributed by atoms with van der Waals surface area (Å²) in [7, 11) is 1.98. The van der Waals surface area contributed by atoms with Gasteiger partial charge in [0.15, 0.2) is 5.65 Å². The van der Waals surface area contributed by atoms with Crippen LogP contribution in [0.25, 0.3) is 33.5 Å². The number of hydrogen-bond acceptors (Lipinski definition) is 8. The first-order valence-corrected chi connectivity index (χ1v) is 18.3. The van der Waals surface area contributed by atoms with E-state index < -0.39 is 34.8 Å². The second kappa shape index (κ2) is 14.6. The highest BCUT2D eigenvalue weighted by molar-refractivity contribution is 5.93. The number of nitrogens with one attached hydrogen (secondary N) is 2. The maximum atomic E-state index is 14.6. The summed E-state index contributed by atoms with van der Waals surface area (Å²) in [6, 6.07) is 16.3. The molecule has 3 N–H and O–H groups in total. The van der Waals surface area contributed by atoms with Crippen LogP contribution in [0.5, 0.6) is 5.75 Å². The Balaban J connectivity index is 1.09. The molecule has 0 bridgehead atoms. The molecule has 0 radical (unpaired) electrons. The fraction of sp³-hybridized carbons (Fsp3) is 0.325. The van der Waals surface area contributed by atoms with Crippen LogP contribution in [-0.4, -0.2) is 71.6 Å². The van der Waals surface area contributed by atoms with Gasteiger partial charge in [-0.25, -0.2) is 28.1 Å². The summed E-state index contributed by atoms with van der Waals surface area (Å²) in [6.07, 6.45) is 7.55. The molecule has 8 rings (SSSR count). The Morgan fingerprint density at radius 3 is 2.48 bits per heavy atom. The van der Waals surface area contributed by atoms with Crippen LogP contribution in [-0.2, 0) is 6.54 Å². The third-order valence-corrected chi connectivity index (χ3v) is 10.8. The molecule has 0 spiro atoms. The van der Waals surface area contributed by atoms with Crippen molar-refractivity contribution in [1.29, 1.82) is 0 Å². The van der Waals surface area contributed by atoms with Gasteiger partial charge in [-0.15, -0.1) is 0 Å². The summed E-state index contributed by atoms with van der Waals surface area (Å²) in [5, 5.41) is 16.8. The normalized spacial score (nSPS) is 18.4. The van der Waals surface area contributed by atoms with Crippen LogP contribution in [0.1, 0.15) is 60.6 Å². The summed E-state index contributed by atoms with van der Waals surface area (Å²) < 4.78 is 32.3. The summed E-state index contributed by atoms with van der Waals surface area (Å²) in [4.78, 5) is 52.3. The minimum atomic E-state index is -0.696. The van der Waals surface area contributed by atoms with E-state index in [0.717, 1.165) is 54.9 Å². The lowest BCUT2D eigenvalue weighted by molar-refractivity contribution is 0.0917. The molecule has 1 saturated heterocycles. The lowest BCUT2D eigenvalue weighted by Crippen LogP contribution is -2.45. The minimum Gasteiger partial charge on any atom is -0.508 e. The lowest BCUT2D eigenvalue weighted by Gasteiger charge is -2.32. The van der Waals surface area contributed by atoms with E-state index in [2.05, 4.69) is 25.5 Å². The predicted octanol–water partition coefficient (Wildman–Crippen LogP) is 4.94. The first-order chi connectivity index (χ1) is 26.1. The Kier molecular flexibility index (Phi) is 9.54. The van der Waals surface area contributed by atoms with Crippen molar-refractivity contribution in [2.45, 2.75) is 63.2 Å². The zero-order chi connectivity index (χ0) is 37.5. The van der Waals surface area contributed by atoms with Gasteiger partial charge < -0.3 is 20.1 Å². The molecular weight excluding hydrogens is 694 g/mol. The van der Waals surface area contributed by atoms with Crippen LogP contribution in [0.3, 0.4) is 0 Å². The number of halogens is 2. The molecular formula is C40H40F2N8O4. The van der Waals surface area contributed by atoms with Crippen molar-refractivity contribution in [3.8, 4) is 22.6 Å². The van der Waals surface area contributed by atoms with E-state index in [1.165, 1.54) is 38.1 Å². The van der Waals surface area contributed by atoms with Gasteiger partial charge in [-0.3, -0.25) is 19.1 Å². The SMILES string of the molecule is CNC1CCN(Cc2cc(O)ccc2-c2cccc(-n3c(=O)n(C4CCC(NC(=O)c5cn6cc(F)ccc6n5)CC4)c(=O)c4cc(F)cnc43)c2)CC1. The van der Waals surface area contributed by atoms with Crippen molar-refractivity contribution < 1.29 is 18.7 Å². The first-order valence-electron chi connectivity index (χ1n) is 18.3. The highest BCUT2D eigenvalue weighted by Gasteiger charge is 2.29. The molecule has 4 aromatic heterocycles. The minimum absolute atomic E-state index is 0.0194. The van der Waals surface area contributed by atoms with E-state index in [4.69, 9.17) is 0 Å². The van der Waals surface area contributed by atoms with Crippen molar-refractivity contribution in [1.82, 2.24) is 39.0 Å². The van der Waals surface area contributed by atoms with Gasteiger partial charge in [-0.05, 0) is 118 Å². The van der Waals surface area contributed by atoms with Crippen LogP contribution < -0.4 is 21.9 Å². The number of piperidine rings is 1. The van der Waals surface area contributed by atoms with Crippen LogP contribution in [0.15, 0.2) is 88.8 Å². The maximum absolute atomic E-state index is 14.6. The molecule has 2 aromatic carbocycles. The smallest absolute Gasteiger partial charge is 0.337 e. The van der Waals surface area contributed by atoms with Gasteiger partial charge in [0, 0.05) is 37.1 Å². The largest absolute Gasteiger partial charge is 0.508 e. The van der Waals surface area contributed by atoms with Crippen LogP contribution in [0.2, 0.25) is 0 Å². The Morgan fingerprint density at radius 1 is 0.907 bits per heavy atom. The molecule has 6 aromatic rings. The van der Waals surface area contributed by atoms with Crippen molar-refractivity contribution in [3.63, 3.8) is 0 Å². The summed E-state index contributed by atoms with van der Waals surface area (Å²) in [6.45, 7) is 2.48. The topological polar surface area (TPSA) is 139 Å². The molecule has 1 aliphatic heterocycles. The monoisotopic (exact) mass is 734 g/mol. The second-order valence-corrected chi connectivity index (χ2v) is 14.3. The Bertz CT molecular complexity index is 2500. The number of imidazole rings is 1. The Labute approximate surface area is 308 Å². The van der Waals surface area contributed by atoms with Gasteiger partial charge in [0.2, 0.25) is 0 Å². The summed E-state index contributed by atoms with van der Waals surface area (Å²) in [5.74, 6) is -1.38. The average Bonchev–Trinajstić information content (AvgIpc) is 3.60. The molecule has 14 heteroatoms. The van der Waals surface area contributed by atoms with Gasteiger partial charge in [-0.2, -0.15) is 0 Å². The molecule has 5 heterocycles. The van der Waals surface area contributed by atoms with Gasteiger partial charge in [0.25, 0.3) is 11.5 Å². The Hall–Kier alpha value is -5.73. The number of carbonyl (C=O) groups excluding carboxylic acids is 1. The highest BCUT2D eigenvalue weighted by atomic mass is 19.1. The van der Waals surface area contributed by atoms with Crippen molar-refractivity contribution in [2.75, 3.05) is 20.1 Å². The quantitative estimate of drug-likeness (QED) is 0.200. The number of phenolic OH excluding ortho intramolecular Hbond substituents is 1. The number of pyridine rings is 2. The maximum Gasteiger partial charge on any atom is 0.337 e. The van der Waals surface area contributed by atoms with Crippen molar-refractivity contribution in [3.05, 3.63) is 123 Å². The van der Waals surface area contributed by atoms with Gasteiger partial charge in [0.05, 0.1) is 17.3 Å². The van der Waals surface area contributed by atoms with E-state index >= 15 is 0 Å². The van der Waals surface area contributed by atoms with Gasteiger partial charge in [0.1, 0.15) is 28.7 Å². The van der Waals surface area contributed by atoms with E-state index in [1.807, 2.05) is 31.3 Å². The molecule has 1 saturated carbocycles. The fourth-order valence-electron chi connectivity index (χ4n) is 7.97. The number of carbonyl (C=O) groups is 1. The van der Waals surface area contributed by atoms with E-state index in [1.54, 1.807) is 18.2 Å². The third-order valence-electron chi connectivity index (χ3n) is 10.8. The second-order valence-electron chi connectivity index (χ2n) is 14.3. The predicted molar refractivity (Wildman–Crippen MR) is 200 cm³/mol. The molecule has 0 atom stereocenters. The van der Waals surface area contributed by atoms with E-state index in [-0.39, 0.29) is 28.5 Å². The summed E-state index contributed by atoms with van der Waals surface area (Å²) >= 11 is 0. The van der Waals surface area contributed by atoms with Crippen LogP contribution >= 0.6 is 0 Å². The number of amides is 1. The molecule has 1 aliphatic carbocycles. The number of phenols is 1. The number of benzene rings is 2. The molecule has 54 heavy (non-hydrogen) atoms. The van der Waals surface area contributed by atoms with Gasteiger partial charge >= 0.3 is 5.69 Å². The molecule has 278 valence electrons. The van der Waals surface area contributed by atoms with E-state index in [0.29, 0.717) is 49.6 Å². The number of rotatable bonds is 8. The number of aromatic nitrogens is 5.